The predicted molar refractivity (Wildman–Crippen MR) is 112 cm³/mol. The maximum Gasteiger partial charge on any atom is 0.208 e. The van der Waals surface area contributed by atoms with Crippen LogP contribution in [0.4, 0.5) is 5.69 Å². The highest BCUT2D eigenvalue weighted by atomic mass is 35.5. The number of hydrogen-bond donors (Lipinski definition) is 1. The summed E-state index contributed by atoms with van der Waals surface area (Å²) >= 11 is 5.99. The molecule has 4 rings (SSSR count). The van der Waals surface area contributed by atoms with Gasteiger partial charge in [-0.3, -0.25) is 0 Å². The van der Waals surface area contributed by atoms with E-state index in [1.54, 1.807) is 24.4 Å². The number of sulfone groups is 1. The van der Waals surface area contributed by atoms with Crippen LogP contribution in [-0.4, -0.2) is 51.5 Å². The third-order valence-corrected chi connectivity index (χ3v) is 6.92. The fourth-order valence-electron chi connectivity index (χ4n) is 3.41. The first-order valence-electron chi connectivity index (χ1n) is 8.51. The van der Waals surface area contributed by atoms with E-state index in [4.69, 9.17) is 11.6 Å². The van der Waals surface area contributed by atoms with E-state index in [-0.39, 0.29) is 22.2 Å². The van der Waals surface area contributed by atoms with E-state index in [0.29, 0.717) is 10.4 Å². The maximum absolute atomic E-state index is 13.1. The zero-order chi connectivity index (χ0) is 18.3. The van der Waals surface area contributed by atoms with Crippen molar-refractivity contribution in [1.29, 1.82) is 0 Å². The van der Waals surface area contributed by atoms with Crippen LogP contribution < -0.4 is 4.90 Å². The van der Waals surface area contributed by atoms with Crippen LogP contribution in [0, 0.1) is 0 Å². The normalized spacial score (nSPS) is 15.7. The monoisotopic (exact) mass is 425 g/mol. The summed E-state index contributed by atoms with van der Waals surface area (Å²) in [5.41, 5.74) is 1.90. The van der Waals surface area contributed by atoms with Gasteiger partial charge in [0.25, 0.3) is 0 Å². The Hall–Kier alpha value is -1.73. The SMILES string of the molecule is CN1CCN(c2cccc3c(S(=O)(=O)c4cccc(Cl)c4)c[nH]c23)CC1.Cl. The number of hydrogen-bond acceptors (Lipinski definition) is 4. The summed E-state index contributed by atoms with van der Waals surface area (Å²) in [6.07, 6.45) is 1.58. The number of rotatable bonds is 3. The molecule has 2 aromatic carbocycles. The van der Waals surface area contributed by atoms with Gasteiger partial charge in [0.05, 0.1) is 21.0 Å². The van der Waals surface area contributed by atoms with Crippen molar-refractivity contribution >= 4 is 50.4 Å². The number of aromatic amines is 1. The van der Waals surface area contributed by atoms with Gasteiger partial charge in [0.1, 0.15) is 0 Å². The number of likely N-dealkylation sites (N-methyl/N-ethyl adjacent to an activating group) is 1. The van der Waals surface area contributed by atoms with Gasteiger partial charge in [0, 0.05) is 42.8 Å². The zero-order valence-corrected chi connectivity index (χ0v) is 17.2. The van der Waals surface area contributed by atoms with Crippen LogP contribution in [0.3, 0.4) is 0 Å². The highest BCUT2D eigenvalue weighted by molar-refractivity contribution is 7.91. The highest BCUT2D eigenvalue weighted by Crippen LogP contribution is 2.34. The molecule has 1 saturated heterocycles. The molecule has 0 unspecified atom stereocenters. The Bertz CT molecular complexity index is 1060. The Balaban J connectivity index is 0.00000210. The van der Waals surface area contributed by atoms with Gasteiger partial charge in [-0.25, -0.2) is 8.42 Å². The van der Waals surface area contributed by atoms with Gasteiger partial charge < -0.3 is 14.8 Å². The molecule has 0 bridgehead atoms. The Morgan fingerprint density at radius 1 is 1.04 bits per heavy atom. The minimum absolute atomic E-state index is 0. The van der Waals surface area contributed by atoms with E-state index in [1.807, 2.05) is 18.2 Å². The standard InChI is InChI=1S/C19H20ClN3O2S.ClH/c1-22-8-10-23(11-9-22)17-7-3-6-16-18(13-21-19(16)17)26(24,25)15-5-2-4-14(20)12-15;/h2-7,12-13,21H,8-11H2,1H3;1H. The number of nitrogens with one attached hydrogen (secondary N) is 1. The van der Waals surface area contributed by atoms with Crippen molar-refractivity contribution in [2.24, 2.45) is 0 Å². The van der Waals surface area contributed by atoms with E-state index in [2.05, 4.69) is 21.8 Å². The van der Waals surface area contributed by atoms with Gasteiger partial charge in [-0.05, 0) is 31.3 Å². The number of halogens is 2. The predicted octanol–water partition coefficient (Wildman–Crippen LogP) is 3.83. The van der Waals surface area contributed by atoms with E-state index >= 15 is 0 Å². The largest absolute Gasteiger partial charge is 0.367 e. The number of piperazine rings is 1. The summed E-state index contributed by atoms with van der Waals surface area (Å²) in [7, 11) is -1.53. The van der Waals surface area contributed by atoms with Gasteiger partial charge in [-0.15, -0.1) is 12.4 Å². The first-order valence-corrected chi connectivity index (χ1v) is 10.4. The molecule has 2 heterocycles. The van der Waals surface area contributed by atoms with Gasteiger partial charge >= 0.3 is 0 Å². The molecule has 1 aliphatic rings. The van der Waals surface area contributed by atoms with Crippen LogP contribution >= 0.6 is 24.0 Å². The molecule has 1 N–H and O–H groups in total. The lowest BCUT2D eigenvalue weighted by molar-refractivity contribution is 0.313. The van der Waals surface area contributed by atoms with Crippen LogP contribution in [0.25, 0.3) is 10.9 Å². The number of benzene rings is 2. The number of anilines is 1. The first-order chi connectivity index (χ1) is 12.5. The Labute approximate surface area is 170 Å². The van der Waals surface area contributed by atoms with Gasteiger partial charge in [0.2, 0.25) is 9.84 Å². The van der Waals surface area contributed by atoms with Crippen LogP contribution in [-0.2, 0) is 9.84 Å². The Morgan fingerprint density at radius 3 is 2.44 bits per heavy atom. The number of nitrogens with zero attached hydrogens (tertiary/aromatic N) is 2. The summed E-state index contributed by atoms with van der Waals surface area (Å²) in [5.74, 6) is 0. The van der Waals surface area contributed by atoms with Gasteiger partial charge in [0.15, 0.2) is 0 Å². The molecular weight excluding hydrogens is 405 g/mol. The second-order valence-corrected chi connectivity index (χ2v) is 8.96. The molecule has 5 nitrogen and oxygen atoms in total. The average molecular weight is 426 g/mol. The van der Waals surface area contributed by atoms with Gasteiger partial charge in [-0.1, -0.05) is 29.8 Å². The number of para-hydroxylation sites is 1. The summed E-state index contributed by atoms with van der Waals surface area (Å²) in [6, 6.07) is 12.2. The third kappa shape index (κ3) is 3.67. The lowest BCUT2D eigenvalue weighted by Gasteiger charge is -2.34. The van der Waals surface area contributed by atoms with E-state index in [0.717, 1.165) is 37.4 Å². The van der Waals surface area contributed by atoms with E-state index < -0.39 is 9.84 Å². The van der Waals surface area contributed by atoms with Crippen molar-refractivity contribution in [3.05, 3.63) is 53.7 Å². The molecule has 0 aliphatic carbocycles. The molecule has 0 atom stereocenters. The lowest BCUT2D eigenvalue weighted by Crippen LogP contribution is -2.44. The number of aromatic nitrogens is 1. The Kier molecular flexibility index (Phi) is 5.72. The molecule has 0 radical (unpaired) electrons. The molecule has 0 spiro atoms. The molecule has 0 saturated carbocycles. The number of fused-ring (bicyclic) bond motifs is 1. The molecule has 8 heteroatoms. The lowest BCUT2D eigenvalue weighted by atomic mass is 10.2. The minimum Gasteiger partial charge on any atom is -0.367 e. The molecule has 0 amide bonds. The smallest absolute Gasteiger partial charge is 0.208 e. The molecule has 1 aliphatic heterocycles. The molecule has 1 fully saturated rings. The van der Waals surface area contributed by atoms with Crippen molar-refractivity contribution in [3.8, 4) is 0 Å². The van der Waals surface area contributed by atoms with E-state index in [9.17, 15) is 8.42 Å². The highest BCUT2D eigenvalue weighted by Gasteiger charge is 2.24. The summed E-state index contributed by atoms with van der Waals surface area (Å²) < 4.78 is 26.2. The summed E-state index contributed by atoms with van der Waals surface area (Å²) in [4.78, 5) is 8.27. The first kappa shape index (κ1) is 20.0. The topological polar surface area (TPSA) is 56.4 Å². The summed E-state index contributed by atoms with van der Waals surface area (Å²) in [6.45, 7) is 3.82. The third-order valence-electron chi connectivity index (χ3n) is 4.90. The minimum atomic E-state index is -3.64. The average Bonchev–Trinajstić information content (AvgIpc) is 3.07. The van der Waals surface area contributed by atoms with Crippen LogP contribution in [0.1, 0.15) is 0 Å². The van der Waals surface area contributed by atoms with Crippen molar-refractivity contribution in [2.75, 3.05) is 38.1 Å². The second kappa shape index (κ2) is 7.72. The zero-order valence-electron chi connectivity index (χ0n) is 14.9. The molecule has 27 heavy (non-hydrogen) atoms. The fraction of sp³-hybridized carbons (Fsp3) is 0.263. The quantitative estimate of drug-likeness (QED) is 0.692. The van der Waals surface area contributed by atoms with Crippen LogP contribution in [0.2, 0.25) is 5.02 Å². The summed E-state index contributed by atoms with van der Waals surface area (Å²) in [5, 5.41) is 1.12. The van der Waals surface area contributed by atoms with Crippen molar-refractivity contribution < 1.29 is 8.42 Å². The molecule has 144 valence electrons. The van der Waals surface area contributed by atoms with Crippen LogP contribution in [0.15, 0.2) is 58.5 Å². The second-order valence-electron chi connectivity index (χ2n) is 6.60. The van der Waals surface area contributed by atoms with Crippen molar-refractivity contribution in [3.63, 3.8) is 0 Å². The van der Waals surface area contributed by atoms with Gasteiger partial charge in [-0.2, -0.15) is 0 Å². The van der Waals surface area contributed by atoms with E-state index in [1.165, 1.54) is 6.07 Å². The van der Waals surface area contributed by atoms with Crippen LogP contribution in [0.5, 0.6) is 0 Å². The molecule has 3 aromatic rings. The van der Waals surface area contributed by atoms with Crippen molar-refractivity contribution in [1.82, 2.24) is 9.88 Å². The Morgan fingerprint density at radius 2 is 1.74 bits per heavy atom. The molecule has 1 aromatic heterocycles. The van der Waals surface area contributed by atoms with Crippen molar-refractivity contribution in [2.45, 2.75) is 9.79 Å². The number of H-pyrrole nitrogens is 1. The molecular formula is C19H21Cl2N3O2S. The maximum atomic E-state index is 13.1. The fourth-order valence-corrected chi connectivity index (χ4v) is 5.13.